The summed E-state index contributed by atoms with van der Waals surface area (Å²) in [5.74, 6) is 0.576. The Morgan fingerprint density at radius 2 is 1.78 bits per heavy atom. The zero-order valence-electron chi connectivity index (χ0n) is 24.8. The number of pyridine rings is 1. The van der Waals surface area contributed by atoms with Crippen LogP contribution in [0.25, 0.3) is 44.8 Å². The molecule has 0 radical (unpaired) electrons. The first-order valence-electron chi connectivity index (χ1n) is 14.3. The Balaban J connectivity index is 1.32. The van der Waals surface area contributed by atoms with Crippen LogP contribution in [0.5, 0.6) is 5.88 Å². The average Bonchev–Trinajstić information content (AvgIpc) is 3.62. The standard InChI is InChI=1S/C33H28Cl2N6O5/c1-40-14-19(17-42)25-13-36-30(39-31(25)40)24-8-4-6-22(29(24)35)21-5-3-7-23(28(21)34)26-11-9-18(32(38-26)46-2)15-41(33(44)45)16-20-10-12-27(43)37-20/h3-9,11,13-14,17,20H,10,12,15-16H2,1-2H3,(H,37,43)(H,44,45). The third kappa shape index (κ3) is 5.86. The highest BCUT2D eigenvalue weighted by Gasteiger charge is 2.26. The van der Waals surface area contributed by atoms with E-state index in [1.165, 1.54) is 12.0 Å². The normalized spacial score (nSPS) is 14.3. The van der Waals surface area contributed by atoms with Gasteiger partial charge in [0.05, 0.1) is 29.4 Å². The number of hydrogen-bond acceptors (Lipinski definition) is 7. The van der Waals surface area contributed by atoms with Crippen molar-refractivity contribution in [3.05, 3.63) is 82.1 Å². The second kappa shape index (κ2) is 12.8. The number of nitrogens with one attached hydrogen (secondary N) is 1. The molecule has 1 unspecified atom stereocenters. The number of aromatic nitrogens is 4. The quantitative estimate of drug-likeness (QED) is 0.177. The number of hydrogen-bond donors (Lipinski definition) is 2. The van der Waals surface area contributed by atoms with E-state index in [2.05, 4.69) is 20.3 Å². The van der Waals surface area contributed by atoms with Crippen LogP contribution in [0.1, 0.15) is 28.8 Å². The molecule has 3 aromatic heterocycles. The first-order valence-corrected chi connectivity index (χ1v) is 15.1. The van der Waals surface area contributed by atoms with Crippen LogP contribution in [0.2, 0.25) is 10.0 Å². The predicted molar refractivity (Wildman–Crippen MR) is 174 cm³/mol. The topological polar surface area (TPSA) is 140 Å². The minimum Gasteiger partial charge on any atom is -0.481 e. The van der Waals surface area contributed by atoms with Gasteiger partial charge in [-0.05, 0) is 24.6 Å². The van der Waals surface area contributed by atoms with Crippen molar-refractivity contribution in [3.8, 4) is 39.7 Å². The van der Waals surface area contributed by atoms with Crippen LogP contribution in [0.4, 0.5) is 4.79 Å². The van der Waals surface area contributed by atoms with Crippen LogP contribution in [0, 0.1) is 0 Å². The zero-order chi connectivity index (χ0) is 32.5. The van der Waals surface area contributed by atoms with Gasteiger partial charge >= 0.3 is 6.09 Å². The molecule has 1 aliphatic rings. The van der Waals surface area contributed by atoms with Crippen LogP contribution in [0.15, 0.2) is 60.9 Å². The van der Waals surface area contributed by atoms with E-state index in [0.29, 0.717) is 78.8 Å². The number of aldehydes is 1. The number of rotatable bonds is 9. The summed E-state index contributed by atoms with van der Waals surface area (Å²) < 4.78 is 7.33. The number of benzene rings is 2. The molecule has 4 heterocycles. The number of aryl methyl sites for hydroxylation is 1. The Hall–Kier alpha value is -5.00. The highest BCUT2D eigenvalue weighted by atomic mass is 35.5. The van der Waals surface area contributed by atoms with Gasteiger partial charge in [0.2, 0.25) is 11.8 Å². The van der Waals surface area contributed by atoms with E-state index < -0.39 is 6.09 Å². The number of carbonyl (C=O) groups excluding carboxylic acids is 2. The number of methoxy groups -OCH3 is 1. The lowest BCUT2D eigenvalue weighted by molar-refractivity contribution is -0.119. The Morgan fingerprint density at radius 1 is 1.09 bits per heavy atom. The second-order valence-electron chi connectivity index (χ2n) is 10.9. The summed E-state index contributed by atoms with van der Waals surface area (Å²) in [4.78, 5) is 50.1. The lowest BCUT2D eigenvalue weighted by Crippen LogP contribution is -2.41. The van der Waals surface area contributed by atoms with Gasteiger partial charge in [-0.2, -0.15) is 0 Å². The van der Waals surface area contributed by atoms with Crippen molar-refractivity contribution in [1.82, 2.24) is 29.7 Å². The lowest BCUT2D eigenvalue weighted by Gasteiger charge is -2.23. The number of nitrogens with zero attached hydrogens (tertiary/aromatic N) is 5. The number of halogens is 2. The van der Waals surface area contributed by atoms with Gasteiger partial charge in [0.25, 0.3) is 0 Å². The maximum Gasteiger partial charge on any atom is 0.407 e. The van der Waals surface area contributed by atoms with Gasteiger partial charge in [-0.1, -0.05) is 53.5 Å². The van der Waals surface area contributed by atoms with E-state index in [-0.39, 0.29) is 30.9 Å². The first-order chi connectivity index (χ1) is 22.2. The van der Waals surface area contributed by atoms with Gasteiger partial charge in [-0.3, -0.25) is 9.59 Å². The highest BCUT2D eigenvalue weighted by Crippen LogP contribution is 2.42. The van der Waals surface area contributed by atoms with E-state index in [1.54, 1.807) is 29.1 Å². The van der Waals surface area contributed by atoms with Crippen molar-refractivity contribution >= 4 is 52.5 Å². The Morgan fingerprint density at radius 3 is 2.43 bits per heavy atom. The van der Waals surface area contributed by atoms with E-state index in [9.17, 15) is 19.5 Å². The molecular weight excluding hydrogens is 631 g/mol. The van der Waals surface area contributed by atoms with Gasteiger partial charge < -0.3 is 24.6 Å². The molecule has 234 valence electrons. The van der Waals surface area contributed by atoms with Crippen molar-refractivity contribution in [2.45, 2.75) is 25.4 Å². The van der Waals surface area contributed by atoms with Crippen molar-refractivity contribution in [1.29, 1.82) is 0 Å². The minimum atomic E-state index is -1.11. The summed E-state index contributed by atoms with van der Waals surface area (Å²) >= 11 is 14.0. The largest absolute Gasteiger partial charge is 0.481 e. The molecule has 2 amide bonds. The summed E-state index contributed by atoms with van der Waals surface area (Å²) in [6, 6.07) is 14.3. The molecule has 2 aromatic carbocycles. The van der Waals surface area contributed by atoms with E-state index >= 15 is 0 Å². The maximum absolute atomic E-state index is 12.0. The minimum absolute atomic E-state index is 0.0292. The molecule has 2 N–H and O–H groups in total. The van der Waals surface area contributed by atoms with Crippen LogP contribution < -0.4 is 10.1 Å². The monoisotopic (exact) mass is 658 g/mol. The van der Waals surface area contributed by atoms with Crippen LogP contribution >= 0.6 is 23.2 Å². The fraction of sp³-hybridized carbons (Fsp3) is 0.212. The molecular formula is C33H28Cl2N6O5. The van der Waals surface area contributed by atoms with E-state index in [4.69, 9.17) is 27.9 Å². The molecule has 1 saturated heterocycles. The Kier molecular flexibility index (Phi) is 8.61. The third-order valence-corrected chi connectivity index (χ3v) is 8.78. The number of carboxylic acid groups (broad SMARTS) is 1. The molecule has 11 nitrogen and oxygen atoms in total. The van der Waals surface area contributed by atoms with Gasteiger partial charge in [0, 0.05) is 77.2 Å². The van der Waals surface area contributed by atoms with Crippen LogP contribution in [0.3, 0.4) is 0 Å². The summed E-state index contributed by atoms with van der Waals surface area (Å²) in [5, 5.41) is 14.1. The number of fused-ring (bicyclic) bond motifs is 1. The fourth-order valence-corrected chi connectivity index (χ4v) is 6.31. The molecule has 0 spiro atoms. The molecule has 46 heavy (non-hydrogen) atoms. The number of amides is 2. The SMILES string of the molecule is COc1nc(-c2cccc(-c3cccc(-c4ncc5c(C=O)cn(C)c5n4)c3Cl)c2Cl)ccc1CN(CC1CCC(=O)N1)C(=O)O. The second-order valence-corrected chi connectivity index (χ2v) is 11.7. The summed E-state index contributed by atoms with van der Waals surface area (Å²) in [5.41, 5.74) is 4.74. The van der Waals surface area contributed by atoms with Crippen molar-refractivity contribution in [3.63, 3.8) is 0 Å². The molecule has 0 bridgehead atoms. The molecule has 1 fully saturated rings. The molecule has 1 atom stereocenters. The number of ether oxygens (including phenoxy) is 1. The first kappa shape index (κ1) is 31.0. The van der Waals surface area contributed by atoms with Gasteiger partial charge in [-0.15, -0.1) is 0 Å². The van der Waals surface area contributed by atoms with E-state index in [0.717, 1.165) is 6.29 Å². The zero-order valence-corrected chi connectivity index (χ0v) is 26.3. The average molecular weight is 660 g/mol. The highest BCUT2D eigenvalue weighted by molar-refractivity contribution is 6.39. The van der Waals surface area contributed by atoms with Crippen molar-refractivity contribution < 1.29 is 24.2 Å². The van der Waals surface area contributed by atoms with Gasteiger partial charge in [0.1, 0.15) is 5.65 Å². The summed E-state index contributed by atoms with van der Waals surface area (Å²) in [7, 11) is 3.28. The number of carbonyl (C=O) groups is 3. The van der Waals surface area contributed by atoms with Crippen molar-refractivity contribution in [2.24, 2.45) is 7.05 Å². The van der Waals surface area contributed by atoms with Gasteiger partial charge in [0.15, 0.2) is 12.1 Å². The van der Waals surface area contributed by atoms with Crippen LogP contribution in [-0.2, 0) is 18.4 Å². The molecule has 0 saturated carbocycles. The molecule has 6 rings (SSSR count). The smallest absolute Gasteiger partial charge is 0.407 e. The molecule has 1 aliphatic heterocycles. The Labute approximate surface area is 273 Å². The van der Waals surface area contributed by atoms with E-state index in [1.807, 2.05) is 43.4 Å². The Bertz CT molecular complexity index is 2010. The molecule has 0 aliphatic carbocycles. The summed E-state index contributed by atoms with van der Waals surface area (Å²) in [6.07, 6.45) is 3.94. The summed E-state index contributed by atoms with van der Waals surface area (Å²) in [6.45, 7) is 0.185. The maximum atomic E-state index is 12.0. The molecule has 5 aromatic rings. The fourth-order valence-electron chi connectivity index (χ4n) is 5.67. The predicted octanol–water partition coefficient (Wildman–Crippen LogP) is 6.25. The molecule has 13 heteroatoms. The lowest BCUT2D eigenvalue weighted by atomic mass is 9.99. The van der Waals surface area contributed by atoms with Crippen LogP contribution in [-0.4, -0.2) is 67.5 Å². The van der Waals surface area contributed by atoms with Gasteiger partial charge in [-0.25, -0.2) is 19.7 Å². The third-order valence-electron chi connectivity index (χ3n) is 7.97. The van der Waals surface area contributed by atoms with Crippen molar-refractivity contribution in [2.75, 3.05) is 13.7 Å².